The van der Waals surface area contributed by atoms with Gasteiger partial charge in [0.05, 0.1) is 19.7 Å². The number of hydrogen-bond acceptors (Lipinski definition) is 6. The molecule has 7 heteroatoms. The number of rotatable bonds is 6. The van der Waals surface area contributed by atoms with E-state index in [4.69, 9.17) is 14.2 Å². The van der Waals surface area contributed by atoms with E-state index in [1.54, 1.807) is 32.7 Å². The predicted molar refractivity (Wildman–Crippen MR) is 119 cm³/mol. The second-order valence-electron chi connectivity index (χ2n) is 6.78. The standard InChI is InChI=1S/C24H21N3O4/c1-15(28)27-18-7-4-16(5-8-18)17-6-9-24(26-14-17)31-21-10-11-25-20-13-23(30-3)22(29-2)12-19(20)21/h4-14H,1-3H3,(H,27,28). The minimum absolute atomic E-state index is 0.101. The summed E-state index contributed by atoms with van der Waals surface area (Å²) in [6.07, 6.45) is 3.42. The topological polar surface area (TPSA) is 82.6 Å². The van der Waals surface area contributed by atoms with E-state index in [0.717, 1.165) is 27.7 Å². The molecule has 31 heavy (non-hydrogen) atoms. The van der Waals surface area contributed by atoms with Gasteiger partial charge in [0.15, 0.2) is 11.5 Å². The normalized spacial score (nSPS) is 10.5. The highest BCUT2D eigenvalue weighted by molar-refractivity contribution is 5.89. The number of carbonyl (C=O) groups excluding carboxylic acids is 1. The highest BCUT2D eigenvalue weighted by atomic mass is 16.5. The van der Waals surface area contributed by atoms with Crippen LogP contribution in [-0.4, -0.2) is 30.1 Å². The van der Waals surface area contributed by atoms with Crippen molar-refractivity contribution in [3.63, 3.8) is 0 Å². The van der Waals surface area contributed by atoms with E-state index in [9.17, 15) is 4.79 Å². The fourth-order valence-corrected chi connectivity index (χ4v) is 3.21. The van der Waals surface area contributed by atoms with Crippen LogP contribution in [0, 0.1) is 0 Å². The van der Waals surface area contributed by atoms with Crippen molar-refractivity contribution < 1.29 is 19.0 Å². The van der Waals surface area contributed by atoms with Crippen LogP contribution in [0.25, 0.3) is 22.0 Å². The van der Waals surface area contributed by atoms with E-state index in [0.29, 0.717) is 23.1 Å². The minimum atomic E-state index is -0.101. The highest BCUT2D eigenvalue weighted by Gasteiger charge is 2.12. The van der Waals surface area contributed by atoms with Gasteiger partial charge < -0.3 is 19.5 Å². The van der Waals surface area contributed by atoms with Gasteiger partial charge in [0, 0.05) is 48.1 Å². The molecule has 7 nitrogen and oxygen atoms in total. The molecule has 0 unspecified atom stereocenters. The number of aromatic nitrogens is 2. The van der Waals surface area contributed by atoms with Crippen LogP contribution < -0.4 is 19.5 Å². The molecule has 156 valence electrons. The zero-order valence-corrected chi connectivity index (χ0v) is 17.4. The number of ether oxygens (including phenoxy) is 3. The maximum Gasteiger partial charge on any atom is 0.221 e. The Morgan fingerprint density at radius 1 is 0.839 bits per heavy atom. The van der Waals surface area contributed by atoms with Crippen LogP contribution in [0.1, 0.15) is 6.92 Å². The summed E-state index contributed by atoms with van der Waals surface area (Å²) in [6, 6.07) is 16.7. The van der Waals surface area contributed by atoms with Crippen molar-refractivity contribution in [3.8, 4) is 34.3 Å². The monoisotopic (exact) mass is 415 g/mol. The molecule has 2 heterocycles. The Balaban J connectivity index is 1.58. The first-order valence-electron chi connectivity index (χ1n) is 9.60. The van der Waals surface area contributed by atoms with Crippen LogP contribution in [0.2, 0.25) is 0 Å². The molecule has 0 radical (unpaired) electrons. The summed E-state index contributed by atoms with van der Waals surface area (Å²) >= 11 is 0. The maximum absolute atomic E-state index is 11.2. The summed E-state index contributed by atoms with van der Waals surface area (Å²) in [5.74, 6) is 2.17. The third kappa shape index (κ3) is 4.40. The fourth-order valence-electron chi connectivity index (χ4n) is 3.21. The number of benzene rings is 2. The van der Waals surface area contributed by atoms with E-state index in [-0.39, 0.29) is 5.91 Å². The van der Waals surface area contributed by atoms with Gasteiger partial charge in [0.25, 0.3) is 0 Å². The van der Waals surface area contributed by atoms with Gasteiger partial charge in [0.2, 0.25) is 11.8 Å². The van der Waals surface area contributed by atoms with Crippen molar-refractivity contribution in [1.82, 2.24) is 9.97 Å². The van der Waals surface area contributed by atoms with Crippen molar-refractivity contribution >= 4 is 22.5 Å². The largest absolute Gasteiger partial charge is 0.493 e. The quantitative estimate of drug-likeness (QED) is 0.474. The Kier molecular flexibility index (Phi) is 5.66. The number of carbonyl (C=O) groups is 1. The summed E-state index contributed by atoms with van der Waals surface area (Å²) < 4.78 is 16.8. The number of hydrogen-bond donors (Lipinski definition) is 1. The highest BCUT2D eigenvalue weighted by Crippen LogP contribution is 2.36. The van der Waals surface area contributed by atoms with Crippen molar-refractivity contribution in [2.24, 2.45) is 0 Å². The van der Waals surface area contributed by atoms with Crippen LogP contribution >= 0.6 is 0 Å². The number of anilines is 1. The first-order chi connectivity index (χ1) is 15.1. The Morgan fingerprint density at radius 3 is 2.19 bits per heavy atom. The Bertz CT molecular complexity index is 1220. The third-order valence-electron chi connectivity index (χ3n) is 4.70. The second kappa shape index (κ2) is 8.71. The van der Waals surface area contributed by atoms with Gasteiger partial charge >= 0.3 is 0 Å². The lowest BCUT2D eigenvalue weighted by atomic mass is 10.1. The summed E-state index contributed by atoms with van der Waals surface area (Å²) in [4.78, 5) is 20.0. The average molecular weight is 415 g/mol. The van der Waals surface area contributed by atoms with Gasteiger partial charge in [-0.25, -0.2) is 4.98 Å². The van der Waals surface area contributed by atoms with Crippen LogP contribution in [0.15, 0.2) is 67.0 Å². The third-order valence-corrected chi connectivity index (χ3v) is 4.70. The molecular formula is C24H21N3O4. The molecule has 0 aliphatic heterocycles. The molecule has 1 amide bonds. The summed E-state index contributed by atoms with van der Waals surface area (Å²) in [6.45, 7) is 1.48. The number of methoxy groups -OCH3 is 2. The number of nitrogens with one attached hydrogen (secondary N) is 1. The first-order valence-corrected chi connectivity index (χ1v) is 9.60. The molecule has 2 aromatic heterocycles. The average Bonchev–Trinajstić information content (AvgIpc) is 2.79. The van der Waals surface area contributed by atoms with Crippen molar-refractivity contribution in [3.05, 3.63) is 67.0 Å². The summed E-state index contributed by atoms with van der Waals surface area (Å²) in [5, 5.41) is 3.54. The first kappa shape index (κ1) is 20.2. The lowest BCUT2D eigenvalue weighted by molar-refractivity contribution is -0.114. The Morgan fingerprint density at radius 2 is 1.55 bits per heavy atom. The number of nitrogens with zero attached hydrogens (tertiary/aromatic N) is 2. The summed E-state index contributed by atoms with van der Waals surface area (Å²) in [5.41, 5.74) is 3.40. The molecule has 1 N–H and O–H groups in total. The van der Waals surface area contributed by atoms with Gasteiger partial charge in [-0.3, -0.25) is 9.78 Å². The smallest absolute Gasteiger partial charge is 0.221 e. The lowest BCUT2D eigenvalue weighted by Crippen LogP contribution is -2.05. The molecule has 0 fully saturated rings. The molecule has 0 aliphatic carbocycles. The minimum Gasteiger partial charge on any atom is -0.493 e. The van der Waals surface area contributed by atoms with Gasteiger partial charge in [-0.05, 0) is 35.9 Å². The molecule has 0 atom stereocenters. The SMILES string of the molecule is COc1cc2nccc(Oc3ccc(-c4ccc(NC(C)=O)cc4)cn3)c2cc1OC. The molecule has 2 aromatic carbocycles. The Labute approximate surface area is 179 Å². The fraction of sp³-hybridized carbons (Fsp3) is 0.125. The molecule has 0 saturated heterocycles. The van der Waals surface area contributed by atoms with Crippen molar-refractivity contribution in [2.75, 3.05) is 19.5 Å². The van der Waals surface area contributed by atoms with E-state index in [1.165, 1.54) is 6.92 Å². The number of amides is 1. The van der Waals surface area contributed by atoms with E-state index in [1.807, 2.05) is 48.5 Å². The molecular weight excluding hydrogens is 394 g/mol. The van der Waals surface area contributed by atoms with Crippen LogP contribution in [0.3, 0.4) is 0 Å². The molecule has 4 rings (SSSR count). The van der Waals surface area contributed by atoms with Crippen LogP contribution in [0.5, 0.6) is 23.1 Å². The molecule has 0 saturated carbocycles. The maximum atomic E-state index is 11.2. The molecule has 0 spiro atoms. The molecule has 0 aliphatic rings. The molecule has 0 bridgehead atoms. The molecule has 4 aromatic rings. The zero-order chi connectivity index (χ0) is 21.8. The van der Waals surface area contributed by atoms with Crippen LogP contribution in [0.4, 0.5) is 5.69 Å². The Hall–Kier alpha value is -4.13. The zero-order valence-electron chi connectivity index (χ0n) is 17.4. The summed E-state index contributed by atoms with van der Waals surface area (Å²) in [7, 11) is 3.17. The van der Waals surface area contributed by atoms with E-state index >= 15 is 0 Å². The van der Waals surface area contributed by atoms with Gasteiger partial charge in [0.1, 0.15) is 5.75 Å². The van der Waals surface area contributed by atoms with Gasteiger partial charge in [-0.15, -0.1) is 0 Å². The number of fused-ring (bicyclic) bond motifs is 1. The second-order valence-corrected chi connectivity index (χ2v) is 6.78. The van der Waals surface area contributed by atoms with E-state index < -0.39 is 0 Å². The van der Waals surface area contributed by atoms with E-state index in [2.05, 4.69) is 15.3 Å². The van der Waals surface area contributed by atoms with Crippen LogP contribution in [-0.2, 0) is 4.79 Å². The lowest BCUT2D eigenvalue weighted by Gasteiger charge is -2.12. The van der Waals surface area contributed by atoms with Crippen molar-refractivity contribution in [1.29, 1.82) is 0 Å². The number of pyridine rings is 2. The van der Waals surface area contributed by atoms with Gasteiger partial charge in [-0.2, -0.15) is 0 Å². The van der Waals surface area contributed by atoms with Gasteiger partial charge in [-0.1, -0.05) is 12.1 Å². The predicted octanol–water partition coefficient (Wildman–Crippen LogP) is 5.06. The van der Waals surface area contributed by atoms with Crippen molar-refractivity contribution in [2.45, 2.75) is 6.92 Å².